The molecule has 1 heterocycles. The molecule has 1 fully saturated rings. The molecule has 1 aliphatic rings. The second-order valence-electron chi connectivity index (χ2n) is 5.36. The monoisotopic (exact) mass is 376 g/mol. The van der Waals surface area contributed by atoms with E-state index in [1.54, 1.807) is 0 Å². The number of nitrogens with zero attached hydrogens (tertiary/aromatic N) is 1. The Morgan fingerprint density at radius 1 is 1.08 bits per heavy atom. The molecule has 0 aliphatic carbocycles. The number of rotatable bonds is 2. The highest BCUT2D eigenvalue weighted by Gasteiger charge is 2.38. The van der Waals surface area contributed by atoms with Gasteiger partial charge >= 0.3 is 12.4 Å². The molecular weight excluding hydrogens is 362 g/mol. The van der Waals surface area contributed by atoms with E-state index in [2.05, 4.69) is 5.32 Å². The summed E-state index contributed by atoms with van der Waals surface area (Å²) < 4.78 is 76.8. The van der Waals surface area contributed by atoms with Crippen LogP contribution in [0.3, 0.4) is 0 Å². The highest BCUT2D eigenvalue weighted by Crippen LogP contribution is 2.36. The van der Waals surface area contributed by atoms with Gasteiger partial charge in [-0.25, -0.2) is 0 Å². The zero-order valence-electron chi connectivity index (χ0n) is 12.5. The molecule has 1 saturated heterocycles. The molecule has 0 bridgehead atoms. The molecule has 1 amide bonds. The zero-order valence-corrected chi connectivity index (χ0v) is 13.3. The van der Waals surface area contributed by atoms with Crippen LogP contribution in [-0.2, 0) is 12.4 Å². The maximum atomic E-state index is 12.8. The van der Waals surface area contributed by atoms with E-state index >= 15 is 0 Å². The van der Waals surface area contributed by atoms with Gasteiger partial charge in [-0.15, -0.1) is 12.4 Å². The molecule has 10 heteroatoms. The summed E-state index contributed by atoms with van der Waals surface area (Å²) in [6, 6.07) is 0.659. The van der Waals surface area contributed by atoms with E-state index in [-0.39, 0.29) is 24.5 Å². The maximum absolute atomic E-state index is 12.8. The number of nitrogens with one attached hydrogen (secondary N) is 1. The summed E-state index contributed by atoms with van der Waals surface area (Å²) in [5.74, 6) is -0.865. The van der Waals surface area contributed by atoms with Crippen molar-refractivity contribution in [2.45, 2.75) is 24.8 Å². The Hall–Kier alpha value is -1.48. The van der Waals surface area contributed by atoms with Gasteiger partial charge in [0.15, 0.2) is 0 Å². The Bertz CT molecular complexity index is 564. The highest BCUT2D eigenvalue weighted by molar-refractivity contribution is 5.94. The van der Waals surface area contributed by atoms with Crippen LogP contribution < -0.4 is 5.32 Å². The quantitative estimate of drug-likeness (QED) is 0.800. The molecule has 1 aromatic carbocycles. The number of benzene rings is 1. The summed E-state index contributed by atoms with van der Waals surface area (Å²) in [4.78, 5) is 13.4. The van der Waals surface area contributed by atoms with Gasteiger partial charge in [0.2, 0.25) is 0 Å². The predicted octanol–water partition coefficient (Wildman–Crippen LogP) is 3.58. The van der Waals surface area contributed by atoms with Crippen molar-refractivity contribution in [1.29, 1.82) is 0 Å². The molecule has 1 N–H and O–H groups in total. The molecule has 2 rings (SSSR count). The third-order valence-corrected chi connectivity index (χ3v) is 3.74. The Labute approximate surface area is 140 Å². The van der Waals surface area contributed by atoms with E-state index in [9.17, 15) is 31.1 Å². The minimum atomic E-state index is -4.97. The molecule has 3 nitrogen and oxygen atoms in total. The van der Waals surface area contributed by atoms with Crippen LogP contribution in [0, 0.1) is 0 Å². The van der Waals surface area contributed by atoms with Crippen LogP contribution in [0.5, 0.6) is 0 Å². The number of hydrogen-bond donors (Lipinski definition) is 1. The van der Waals surface area contributed by atoms with E-state index in [0.29, 0.717) is 31.6 Å². The number of halogens is 7. The minimum absolute atomic E-state index is 0. The summed E-state index contributed by atoms with van der Waals surface area (Å²) in [6.07, 6.45) is -9.35. The second kappa shape index (κ2) is 7.18. The summed E-state index contributed by atoms with van der Waals surface area (Å²) in [7, 11) is 1.37. The fourth-order valence-electron chi connectivity index (χ4n) is 2.42. The molecule has 136 valence electrons. The Balaban J connectivity index is 0.00000288. The van der Waals surface area contributed by atoms with Crippen molar-refractivity contribution in [3.63, 3.8) is 0 Å². The average Bonchev–Trinajstić information content (AvgIpc) is 2.97. The van der Waals surface area contributed by atoms with E-state index < -0.39 is 35.0 Å². The van der Waals surface area contributed by atoms with Gasteiger partial charge < -0.3 is 10.2 Å². The maximum Gasteiger partial charge on any atom is 0.416 e. The highest BCUT2D eigenvalue weighted by atomic mass is 35.5. The van der Waals surface area contributed by atoms with Gasteiger partial charge in [0.1, 0.15) is 0 Å². The molecule has 1 unspecified atom stereocenters. The van der Waals surface area contributed by atoms with E-state index in [1.807, 2.05) is 0 Å². The summed E-state index contributed by atoms with van der Waals surface area (Å²) in [5, 5.41) is 2.98. The fourth-order valence-corrected chi connectivity index (χ4v) is 2.42. The van der Waals surface area contributed by atoms with Crippen LogP contribution in [0.25, 0.3) is 0 Å². The van der Waals surface area contributed by atoms with Gasteiger partial charge in [-0.2, -0.15) is 26.3 Å². The van der Waals surface area contributed by atoms with Crippen molar-refractivity contribution >= 4 is 18.3 Å². The molecule has 24 heavy (non-hydrogen) atoms. The number of alkyl halides is 6. The topological polar surface area (TPSA) is 32.3 Å². The van der Waals surface area contributed by atoms with Crippen molar-refractivity contribution in [2.75, 3.05) is 20.1 Å². The van der Waals surface area contributed by atoms with Crippen LogP contribution in [0.2, 0.25) is 0 Å². The minimum Gasteiger partial charge on any atom is -0.337 e. The molecular formula is C14H15ClF6N2O. The smallest absolute Gasteiger partial charge is 0.337 e. The number of hydrogen-bond acceptors (Lipinski definition) is 2. The number of amides is 1. The van der Waals surface area contributed by atoms with Crippen molar-refractivity contribution in [2.24, 2.45) is 0 Å². The van der Waals surface area contributed by atoms with Gasteiger partial charge in [0.25, 0.3) is 5.91 Å². The predicted molar refractivity (Wildman–Crippen MR) is 77.1 cm³/mol. The number of carbonyl (C=O) groups excluding carboxylic acids is 1. The lowest BCUT2D eigenvalue weighted by Crippen LogP contribution is -2.38. The summed E-state index contributed by atoms with van der Waals surface area (Å²) >= 11 is 0. The third kappa shape index (κ3) is 4.54. The Kier molecular flexibility index (Phi) is 6.15. The van der Waals surface area contributed by atoms with E-state index in [1.165, 1.54) is 11.9 Å². The van der Waals surface area contributed by atoms with Crippen molar-refractivity contribution < 1.29 is 31.1 Å². The van der Waals surface area contributed by atoms with Crippen LogP contribution in [-0.4, -0.2) is 37.0 Å². The summed E-state index contributed by atoms with van der Waals surface area (Å²) in [6.45, 7) is 1.09. The lowest BCUT2D eigenvalue weighted by molar-refractivity contribution is -0.143. The number of carbonyl (C=O) groups is 1. The lowest BCUT2D eigenvalue weighted by atomic mass is 10.0. The van der Waals surface area contributed by atoms with Gasteiger partial charge in [0, 0.05) is 25.2 Å². The number of likely N-dealkylation sites (N-methyl/N-ethyl adjacent to an activating group) is 1. The lowest BCUT2D eigenvalue weighted by Gasteiger charge is -2.24. The van der Waals surface area contributed by atoms with E-state index in [0.717, 1.165) is 0 Å². The zero-order chi connectivity index (χ0) is 17.4. The molecule has 0 radical (unpaired) electrons. The van der Waals surface area contributed by atoms with Crippen LogP contribution >= 0.6 is 12.4 Å². The molecule has 1 atom stereocenters. The van der Waals surface area contributed by atoms with Gasteiger partial charge in [0.05, 0.1) is 11.1 Å². The largest absolute Gasteiger partial charge is 0.416 e. The average molecular weight is 377 g/mol. The van der Waals surface area contributed by atoms with Gasteiger partial charge in [-0.1, -0.05) is 0 Å². The van der Waals surface area contributed by atoms with Crippen molar-refractivity contribution in [1.82, 2.24) is 10.2 Å². The fraction of sp³-hybridized carbons (Fsp3) is 0.500. The molecule has 1 aliphatic heterocycles. The first-order valence-corrected chi connectivity index (χ1v) is 6.77. The molecule has 0 saturated carbocycles. The molecule has 0 spiro atoms. The van der Waals surface area contributed by atoms with Gasteiger partial charge in [-0.05, 0) is 31.2 Å². The van der Waals surface area contributed by atoms with Crippen LogP contribution in [0.15, 0.2) is 18.2 Å². The van der Waals surface area contributed by atoms with E-state index in [4.69, 9.17) is 0 Å². The van der Waals surface area contributed by atoms with Crippen LogP contribution in [0.4, 0.5) is 26.3 Å². The second-order valence-corrected chi connectivity index (χ2v) is 5.36. The van der Waals surface area contributed by atoms with Crippen molar-refractivity contribution in [3.8, 4) is 0 Å². The molecule has 1 aromatic rings. The molecule has 0 aromatic heterocycles. The first-order valence-electron chi connectivity index (χ1n) is 6.77. The Morgan fingerprint density at radius 3 is 1.96 bits per heavy atom. The first kappa shape index (κ1) is 20.6. The Morgan fingerprint density at radius 2 is 1.58 bits per heavy atom. The first-order chi connectivity index (χ1) is 10.5. The summed E-state index contributed by atoms with van der Waals surface area (Å²) in [5.41, 5.74) is -3.61. The SMILES string of the molecule is CN(C(=O)c1cc(C(F)(F)F)cc(C(F)(F)F)c1)C1CCNC1.Cl. The normalized spacial score (nSPS) is 18.2. The van der Waals surface area contributed by atoms with Crippen molar-refractivity contribution in [3.05, 3.63) is 34.9 Å². The standard InChI is InChI=1S/C14H14F6N2O.ClH/c1-22(11-2-3-21-7-11)12(23)8-4-9(13(15,16)17)6-10(5-8)14(18,19)20;/h4-6,11,21H,2-3,7H2,1H3;1H. The van der Waals surface area contributed by atoms with Gasteiger partial charge in [-0.3, -0.25) is 4.79 Å². The third-order valence-electron chi connectivity index (χ3n) is 3.74. The van der Waals surface area contributed by atoms with Crippen LogP contribution in [0.1, 0.15) is 27.9 Å².